The van der Waals surface area contributed by atoms with Crippen LogP contribution in [0, 0.1) is 0 Å². The van der Waals surface area contributed by atoms with Crippen molar-refractivity contribution in [1.29, 1.82) is 0 Å². The third-order valence-corrected chi connectivity index (χ3v) is 3.79. The summed E-state index contributed by atoms with van der Waals surface area (Å²) in [6.45, 7) is 1.90. The molecule has 23 heavy (non-hydrogen) atoms. The number of nitrogens with one attached hydrogen (secondary N) is 2. The molecule has 0 bridgehead atoms. The first-order valence-electron chi connectivity index (χ1n) is 7.01. The van der Waals surface area contributed by atoms with E-state index < -0.39 is 5.97 Å². The van der Waals surface area contributed by atoms with Crippen molar-refractivity contribution in [3.05, 3.63) is 64.1 Å². The number of halogens is 1. The molecule has 0 fully saturated rings. The zero-order valence-corrected chi connectivity index (χ0v) is 14.4. The number of hydrogen-bond donors (Lipinski definition) is 2. The van der Waals surface area contributed by atoms with Crippen molar-refractivity contribution in [2.45, 2.75) is 13.0 Å². The maximum absolute atomic E-state index is 12.1. The molecule has 2 amide bonds. The van der Waals surface area contributed by atoms with Gasteiger partial charge in [-0.2, -0.15) is 0 Å². The summed E-state index contributed by atoms with van der Waals surface area (Å²) < 4.78 is 5.64. The molecule has 1 atom stereocenters. The van der Waals surface area contributed by atoms with Gasteiger partial charge in [0.05, 0.1) is 18.7 Å². The minimum Gasteiger partial charge on any atom is -0.465 e. The molecule has 2 N–H and O–H groups in total. The molecule has 2 aromatic carbocycles. The van der Waals surface area contributed by atoms with Crippen molar-refractivity contribution in [3.8, 4) is 0 Å². The lowest BCUT2D eigenvalue weighted by Gasteiger charge is -2.15. The van der Waals surface area contributed by atoms with Gasteiger partial charge in [-0.05, 0) is 42.8 Å². The zero-order valence-electron chi connectivity index (χ0n) is 12.8. The summed E-state index contributed by atoms with van der Waals surface area (Å²) in [4.78, 5) is 23.6. The lowest BCUT2D eigenvalue weighted by molar-refractivity contribution is 0.0600. The SMILES string of the molecule is COC(=O)c1cccc(NC(=O)NC(C)c2ccc(Br)cc2)c1. The molecule has 0 aliphatic carbocycles. The van der Waals surface area contributed by atoms with Gasteiger partial charge in [-0.15, -0.1) is 0 Å². The van der Waals surface area contributed by atoms with Crippen molar-refractivity contribution >= 4 is 33.6 Å². The summed E-state index contributed by atoms with van der Waals surface area (Å²) in [6.07, 6.45) is 0. The highest BCUT2D eigenvalue weighted by molar-refractivity contribution is 9.10. The summed E-state index contributed by atoms with van der Waals surface area (Å²) in [5.74, 6) is -0.447. The number of carbonyl (C=O) groups excluding carboxylic acids is 2. The zero-order chi connectivity index (χ0) is 16.8. The molecule has 0 aromatic heterocycles. The van der Waals surface area contributed by atoms with Crippen LogP contribution in [0.15, 0.2) is 53.0 Å². The molecule has 0 spiro atoms. The Labute approximate surface area is 143 Å². The van der Waals surface area contributed by atoms with E-state index in [-0.39, 0.29) is 12.1 Å². The molecular formula is C17H17BrN2O3. The molecule has 2 rings (SSSR count). The van der Waals surface area contributed by atoms with Crippen LogP contribution in [0.25, 0.3) is 0 Å². The number of carbonyl (C=O) groups is 2. The van der Waals surface area contributed by atoms with Gasteiger partial charge in [-0.3, -0.25) is 0 Å². The molecule has 0 aliphatic heterocycles. The van der Waals surface area contributed by atoms with Crippen LogP contribution in [0.3, 0.4) is 0 Å². The van der Waals surface area contributed by atoms with Crippen LogP contribution >= 0.6 is 15.9 Å². The topological polar surface area (TPSA) is 67.4 Å². The highest BCUT2D eigenvalue weighted by atomic mass is 79.9. The van der Waals surface area contributed by atoms with E-state index in [1.54, 1.807) is 24.3 Å². The van der Waals surface area contributed by atoms with Gasteiger partial charge in [0.25, 0.3) is 0 Å². The second-order valence-corrected chi connectivity index (χ2v) is 5.86. The Morgan fingerprint density at radius 3 is 2.48 bits per heavy atom. The van der Waals surface area contributed by atoms with E-state index >= 15 is 0 Å². The fourth-order valence-electron chi connectivity index (χ4n) is 2.04. The van der Waals surface area contributed by atoms with E-state index in [1.165, 1.54) is 7.11 Å². The molecule has 0 saturated heterocycles. The number of methoxy groups -OCH3 is 1. The van der Waals surface area contributed by atoms with Gasteiger partial charge in [0.1, 0.15) is 0 Å². The van der Waals surface area contributed by atoms with Gasteiger partial charge in [0, 0.05) is 10.2 Å². The van der Waals surface area contributed by atoms with Crippen LogP contribution in [-0.2, 0) is 4.74 Å². The van der Waals surface area contributed by atoms with Crippen molar-refractivity contribution in [1.82, 2.24) is 5.32 Å². The number of ether oxygens (including phenoxy) is 1. The van der Waals surface area contributed by atoms with Crippen LogP contribution < -0.4 is 10.6 Å². The molecule has 0 saturated carbocycles. The van der Waals surface area contributed by atoms with Crippen LogP contribution in [0.5, 0.6) is 0 Å². The molecule has 1 unspecified atom stereocenters. The highest BCUT2D eigenvalue weighted by Crippen LogP contribution is 2.17. The van der Waals surface area contributed by atoms with Gasteiger partial charge in [0.2, 0.25) is 0 Å². The smallest absolute Gasteiger partial charge is 0.337 e. The Morgan fingerprint density at radius 1 is 1.13 bits per heavy atom. The predicted octanol–water partition coefficient (Wildman–Crippen LogP) is 4.12. The van der Waals surface area contributed by atoms with E-state index in [9.17, 15) is 9.59 Å². The van der Waals surface area contributed by atoms with Crippen molar-refractivity contribution < 1.29 is 14.3 Å². The summed E-state index contributed by atoms with van der Waals surface area (Å²) in [5.41, 5.74) is 1.89. The third-order valence-electron chi connectivity index (χ3n) is 3.26. The predicted molar refractivity (Wildman–Crippen MR) is 92.5 cm³/mol. The lowest BCUT2D eigenvalue weighted by atomic mass is 10.1. The number of amides is 2. The second-order valence-electron chi connectivity index (χ2n) is 4.94. The molecule has 6 heteroatoms. The van der Waals surface area contributed by atoms with Crippen molar-refractivity contribution in [3.63, 3.8) is 0 Å². The summed E-state index contributed by atoms with van der Waals surface area (Å²) in [5, 5.41) is 5.55. The third kappa shape index (κ3) is 4.82. The van der Waals surface area contributed by atoms with Crippen LogP contribution in [-0.4, -0.2) is 19.1 Å². The van der Waals surface area contributed by atoms with Gasteiger partial charge >= 0.3 is 12.0 Å². The maximum Gasteiger partial charge on any atom is 0.337 e. The first-order valence-corrected chi connectivity index (χ1v) is 7.80. The minimum absolute atomic E-state index is 0.146. The normalized spacial score (nSPS) is 11.4. The summed E-state index contributed by atoms with van der Waals surface area (Å²) in [6, 6.07) is 13.8. The van der Waals surface area contributed by atoms with Crippen molar-refractivity contribution in [2.24, 2.45) is 0 Å². The largest absolute Gasteiger partial charge is 0.465 e. The number of benzene rings is 2. The molecule has 0 aliphatic rings. The molecule has 0 radical (unpaired) electrons. The van der Waals surface area contributed by atoms with Gasteiger partial charge < -0.3 is 15.4 Å². The summed E-state index contributed by atoms with van der Waals surface area (Å²) >= 11 is 3.38. The Bertz CT molecular complexity index is 701. The second kappa shape index (κ2) is 7.78. The molecule has 120 valence electrons. The average molecular weight is 377 g/mol. The van der Waals surface area contributed by atoms with Gasteiger partial charge in [-0.25, -0.2) is 9.59 Å². The quantitative estimate of drug-likeness (QED) is 0.788. The standard InChI is InChI=1S/C17H17BrN2O3/c1-11(12-6-8-14(18)9-7-12)19-17(22)20-15-5-3-4-13(10-15)16(21)23-2/h3-11H,1-2H3,(H2,19,20,22). The monoisotopic (exact) mass is 376 g/mol. The maximum atomic E-state index is 12.1. The average Bonchev–Trinajstić information content (AvgIpc) is 2.54. The van der Waals surface area contributed by atoms with Crippen molar-refractivity contribution in [2.75, 3.05) is 12.4 Å². The number of rotatable bonds is 4. The molecule has 5 nitrogen and oxygen atoms in total. The number of esters is 1. The molecular weight excluding hydrogens is 360 g/mol. The molecule has 0 heterocycles. The van der Waals surface area contributed by atoms with Crippen LogP contribution in [0.1, 0.15) is 28.9 Å². The van der Waals surface area contributed by atoms with Gasteiger partial charge in [-0.1, -0.05) is 34.1 Å². The highest BCUT2D eigenvalue weighted by Gasteiger charge is 2.11. The van der Waals surface area contributed by atoms with E-state index in [4.69, 9.17) is 0 Å². The number of hydrogen-bond acceptors (Lipinski definition) is 3. The Hall–Kier alpha value is -2.34. The first kappa shape index (κ1) is 17.0. The van der Waals surface area contributed by atoms with E-state index in [0.29, 0.717) is 11.3 Å². The first-order chi connectivity index (χ1) is 11.0. The lowest BCUT2D eigenvalue weighted by Crippen LogP contribution is -2.31. The fraction of sp³-hybridized carbons (Fsp3) is 0.176. The fourth-order valence-corrected chi connectivity index (χ4v) is 2.30. The molecule has 2 aromatic rings. The van der Waals surface area contributed by atoms with E-state index in [1.807, 2.05) is 31.2 Å². The Balaban J connectivity index is 1.99. The summed E-state index contributed by atoms with van der Waals surface area (Å²) in [7, 11) is 1.31. The van der Waals surface area contributed by atoms with Gasteiger partial charge in [0.15, 0.2) is 0 Å². The minimum atomic E-state index is -0.447. The number of urea groups is 1. The van der Waals surface area contributed by atoms with Crippen LogP contribution in [0.4, 0.5) is 10.5 Å². The Kier molecular flexibility index (Phi) is 5.76. The van der Waals surface area contributed by atoms with E-state index in [2.05, 4.69) is 31.3 Å². The van der Waals surface area contributed by atoms with E-state index in [0.717, 1.165) is 10.0 Å². The number of anilines is 1. The Morgan fingerprint density at radius 2 is 1.83 bits per heavy atom. The van der Waals surface area contributed by atoms with Crippen LogP contribution in [0.2, 0.25) is 0 Å².